The van der Waals surface area contributed by atoms with Crippen molar-refractivity contribution in [3.8, 4) is 0 Å². The third-order valence-electron chi connectivity index (χ3n) is 3.43. The van der Waals surface area contributed by atoms with E-state index < -0.39 is 0 Å². The molecule has 1 aliphatic heterocycles. The zero-order chi connectivity index (χ0) is 14.1. The van der Waals surface area contributed by atoms with E-state index in [4.69, 9.17) is 0 Å². The van der Waals surface area contributed by atoms with E-state index in [0.29, 0.717) is 0 Å². The van der Waals surface area contributed by atoms with Crippen LogP contribution in [0.4, 0.5) is 5.69 Å². The van der Waals surface area contributed by atoms with Gasteiger partial charge in [0.1, 0.15) is 0 Å². The smallest absolute Gasteiger partial charge is 0.238 e. The van der Waals surface area contributed by atoms with Crippen LogP contribution in [0.15, 0.2) is 47.4 Å². The van der Waals surface area contributed by atoms with E-state index in [-0.39, 0.29) is 11.2 Å². The fourth-order valence-electron chi connectivity index (χ4n) is 2.60. The van der Waals surface area contributed by atoms with E-state index in [1.807, 2.05) is 38.1 Å². The maximum Gasteiger partial charge on any atom is 0.238 e. The lowest BCUT2D eigenvalue weighted by Crippen LogP contribution is -2.24. The van der Waals surface area contributed by atoms with Gasteiger partial charge in [0.05, 0.1) is 5.25 Å². The van der Waals surface area contributed by atoms with Crippen LogP contribution in [-0.2, 0) is 11.2 Å². The second kappa shape index (κ2) is 5.33. The minimum Gasteiger partial charge on any atom is -0.325 e. The Bertz CT molecular complexity index is 621. The molecule has 0 fully saturated rings. The van der Waals surface area contributed by atoms with E-state index in [2.05, 4.69) is 23.5 Å². The summed E-state index contributed by atoms with van der Waals surface area (Å²) in [5.41, 5.74) is 4.51. The van der Waals surface area contributed by atoms with E-state index >= 15 is 0 Å². The van der Waals surface area contributed by atoms with Crippen LogP contribution in [0.2, 0.25) is 0 Å². The van der Waals surface area contributed by atoms with Gasteiger partial charge in [0.15, 0.2) is 0 Å². The van der Waals surface area contributed by atoms with Crippen molar-refractivity contribution < 1.29 is 4.79 Å². The Morgan fingerprint density at radius 2 is 1.85 bits per heavy atom. The molecule has 0 aliphatic carbocycles. The van der Waals surface area contributed by atoms with Gasteiger partial charge in [-0.25, -0.2) is 0 Å². The molecule has 2 nitrogen and oxygen atoms in total. The van der Waals surface area contributed by atoms with Crippen molar-refractivity contribution >= 4 is 23.4 Å². The molecule has 3 heteroatoms. The van der Waals surface area contributed by atoms with Crippen LogP contribution in [0.3, 0.4) is 0 Å². The number of hydrogen-bond donors (Lipinski definition) is 1. The van der Waals surface area contributed by atoms with Crippen molar-refractivity contribution in [1.82, 2.24) is 0 Å². The number of anilines is 1. The van der Waals surface area contributed by atoms with Gasteiger partial charge in [0.25, 0.3) is 0 Å². The van der Waals surface area contributed by atoms with E-state index in [1.165, 1.54) is 21.6 Å². The lowest BCUT2D eigenvalue weighted by Gasteiger charge is -2.11. The Morgan fingerprint density at radius 3 is 2.55 bits per heavy atom. The summed E-state index contributed by atoms with van der Waals surface area (Å²) in [7, 11) is 0. The Hall–Kier alpha value is -1.74. The molecule has 20 heavy (non-hydrogen) atoms. The highest BCUT2D eigenvalue weighted by Crippen LogP contribution is 2.37. The van der Waals surface area contributed by atoms with Crippen molar-refractivity contribution in [3.05, 3.63) is 59.2 Å². The molecule has 1 N–H and O–H groups in total. The fraction of sp³-hybridized carbons (Fsp3) is 0.235. The number of nitrogens with one attached hydrogen (secondary N) is 1. The molecule has 0 saturated heterocycles. The first-order valence-electron chi connectivity index (χ1n) is 6.75. The lowest BCUT2D eigenvalue weighted by atomic mass is 10.1. The van der Waals surface area contributed by atoms with Crippen LogP contribution in [-0.4, -0.2) is 11.2 Å². The molecule has 0 spiro atoms. The molecule has 0 radical (unpaired) electrons. The number of aryl methyl sites for hydroxylation is 2. The molecule has 0 bridgehead atoms. The highest BCUT2D eigenvalue weighted by molar-refractivity contribution is 8.01. The molecule has 1 unspecified atom stereocenters. The molecular weight excluding hydrogens is 266 g/mol. The molecular formula is C17H17NOS. The van der Waals surface area contributed by atoms with Crippen molar-refractivity contribution in [1.29, 1.82) is 0 Å². The molecule has 1 aliphatic rings. The van der Waals surface area contributed by atoms with Gasteiger partial charge in [-0.3, -0.25) is 4.79 Å². The van der Waals surface area contributed by atoms with Gasteiger partial charge in [-0.05, 0) is 55.2 Å². The van der Waals surface area contributed by atoms with Crippen molar-refractivity contribution in [2.45, 2.75) is 30.4 Å². The highest BCUT2D eigenvalue weighted by Gasteiger charge is 2.27. The van der Waals surface area contributed by atoms with Gasteiger partial charge in [0, 0.05) is 10.6 Å². The number of fused-ring (bicyclic) bond motifs is 1. The molecule has 1 heterocycles. The molecule has 1 amide bonds. The largest absolute Gasteiger partial charge is 0.325 e. The fourth-order valence-corrected chi connectivity index (χ4v) is 3.79. The summed E-state index contributed by atoms with van der Waals surface area (Å²) >= 11 is 1.66. The standard InChI is InChI=1S/C17H17NOS/c1-11-7-12(2)9-14(8-11)18-17(19)16-10-13-5-3-4-6-15(13)20-16/h3-9,16H,10H2,1-2H3,(H,18,19). The maximum atomic E-state index is 12.4. The van der Waals surface area contributed by atoms with Gasteiger partial charge < -0.3 is 5.32 Å². The first-order valence-corrected chi connectivity index (χ1v) is 7.63. The molecule has 2 aromatic carbocycles. The van der Waals surface area contributed by atoms with Crippen LogP contribution >= 0.6 is 11.8 Å². The number of amides is 1. The Morgan fingerprint density at radius 1 is 1.15 bits per heavy atom. The Kier molecular flexibility index (Phi) is 3.53. The van der Waals surface area contributed by atoms with E-state index in [0.717, 1.165) is 12.1 Å². The van der Waals surface area contributed by atoms with Gasteiger partial charge >= 0.3 is 0 Å². The monoisotopic (exact) mass is 283 g/mol. The molecule has 2 aromatic rings. The van der Waals surface area contributed by atoms with Crippen LogP contribution in [0.5, 0.6) is 0 Å². The zero-order valence-corrected chi connectivity index (χ0v) is 12.5. The summed E-state index contributed by atoms with van der Waals surface area (Å²) in [5.74, 6) is 0.0937. The molecule has 102 valence electrons. The first kappa shape index (κ1) is 13.3. The number of carbonyl (C=O) groups excluding carboxylic acids is 1. The summed E-state index contributed by atoms with van der Waals surface area (Å²) in [6.45, 7) is 4.09. The zero-order valence-electron chi connectivity index (χ0n) is 11.6. The van der Waals surface area contributed by atoms with Gasteiger partial charge in [-0.15, -0.1) is 11.8 Å². The Labute approximate surface area is 123 Å². The third-order valence-corrected chi connectivity index (χ3v) is 4.75. The second-order valence-corrected chi connectivity index (χ2v) is 6.53. The minimum absolute atomic E-state index is 0.0202. The topological polar surface area (TPSA) is 29.1 Å². The van der Waals surface area contributed by atoms with Crippen LogP contribution in [0, 0.1) is 13.8 Å². The number of benzene rings is 2. The first-order chi connectivity index (χ1) is 9.61. The number of rotatable bonds is 2. The average Bonchev–Trinajstić information content (AvgIpc) is 2.81. The molecule has 0 saturated carbocycles. The maximum absolute atomic E-state index is 12.4. The lowest BCUT2D eigenvalue weighted by molar-refractivity contribution is -0.115. The molecule has 3 rings (SSSR count). The average molecular weight is 283 g/mol. The second-order valence-electron chi connectivity index (χ2n) is 5.28. The summed E-state index contributed by atoms with van der Waals surface area (Å²) in [5, 5.41) is 3.02. The summed E-state index contributed by atoms with van der Waals surface area (Å²) < 4.78 is 0. The third kappa shape index (κ3) is 2.73. The van der Waals surface area contributed by atoms with Crippen LogP contribution in [0.1, 0.15) is 16.7 Å². The van der Waals surface area contributed by atoms with Crippen molar-refractivity contribution in [2.75, 3.05) is 5.32 Å². The van der Waals surface area contributed by atoms with Crippen LogP contribution in [0.25, 0.3) is 0 Å². The number of hydrogen-bond acceptors (Lipinski definition) is 2. The van der Waals surface area contributed by atoms with Crippen molar-refractivity contribution in [2.24, 2.45) is 0 Å². The highest BCUT2D eigenvalue weighted by atomic mass is 32.2. The Balaban J connectivity index is 1.72. The predicted octanol–water partition coefficient (Wildman–Crippen LogP) is 3.96. The quantitative estimate of drug-likeness (QED) is 0.904. The number of thioether (sulfide) groups is 1. The summed E-state index contributed by atoms with van der Waals surface area (Å²) in [6, 6.07) is 14.4. The van der Waals surface area contributed by atoms with Crippen LogP contribution < -0.4 is 5.32 Å². The van der Waals surface area contributed by atoms with Gasteiger partial charge in [-0.2, -0.15) is 0 Å². The summed E-state index contributed by atoms with van der Waals surface area (Å²) in [6.07, 6.45) is 0.817. The predicted molar refractivity (Wildman–Crippen MR) is 84.3 cm³/mol. The van der Waals surface area contributed by atoms with E-state index in [1.54, 1.807) is 11.8 Å². The van der Waals surface area contributed by atoms with Gasteiger partial charge in [-0.1, -0.05) is 24.3 Å². The minimum atomic E-state index is -0.0202. The number of carbonyl (C=O) groups is 1. The van der Waals surface area contributed by atoms with E-state index in [9.17, 15) is 4.79 Å². The normalized spacial score (nSPS) is 16.8. The molecule has 1 atom stereocenters. The van der Waals surface area contributed by atoms with Gasteiger partial charge in [0.2, 0.25) is 5.91 Å². The SMILES string of the molecule is Cc1cc(C)cc(NC(=O)C2Cc3ccccc3S2)c1. The molecule has 0 aromatic heterocycles. The summed E-state index contributed by atoms with van der Waals surface area (Å²) in [4.78, 5) is 13.6. The van der Waals surface area contributed by atoms with Crippen molar-refractivity contribution in [3.63, 3.8) is 0 Å².